The molecule has 17 heavy (non-hydrogen) atoms. The first-order valence-corrected chi connectivity index (χ1v) is 7.53. The average molecular weight is 250 g/mol. The van der Waals surface area contributed by atoms with Crippen LogP contribution in [-0.2, 0) is 11.2 Å². The Morgan fingerprint density at radius 3 is 2.94 bits per heavy atom. The number of aryl methyl sites for hydroxylation is 1. The molecule has 2 bridgehead atoms. The minimum atomic E-state index is 0.240. The van der Waals surface area contributed by atoms with Gasteiger partial charge in [0, 0.05) is 16.8 Å². The zero-order valence-electron chi connectivity index (χ0n) is 9.89. The molecular formula is C13H18N2OS. The molecule has 1 aromatic heterocycles. The Bertz CT molecular complexity index is 445. The van der Waals surface area contributed by atoms with Crippen LogP contribution in [0.5, 0.6) is 0 Å². The van der Waals surface area contributed by atoms with Crippen molar-refractivity contribution in [2.24, 2.45) is 5.73 Å². The zero-order valence-corrected chi connectivity index (χ0v) is 10.7. The molecule has 2 aliphatic heterocycles. The van der Waals surface area contributed by atoms with Crippen molar-refractivity contribution < 1.29 is 4.74 Å². The summed E-state index contributed by atoms with van der Waals surface area (Å²) in [6.07, 6.45) is 8.08. The van der Waals surface area contributed by atoms with Gasteiger partial charge in [0.25, 0.3) is 0 Å². The third-order valence-corrected chi connectivity index (χ3v) is 5.79. The first-order valence-electron chi connectivity index (χ1n) is 6.72. The monoisotopic (exact) mass is 250 g/mol. The second-order valence-electron chi connectivity index (χ2n) is 5.58. The minimum absolute atomic E-state index is 0.240. The predicted molar refractivity (Wildman–Crippen MR) is 67.2 cm³/mol. The van der Waals surface area contributed by atoms with Crippen LogP contribution >= 0.6 is 11.3 Å². The number of rotatable bonds is 1. The maximum Gasteiger partial charge on any atom is 0.0989 e. The van der Waals surface area contributed by atoms with E-state index < -0.39 is 0 Å². The van der Waals surface area contributed by atoms with E-state index in [2.05, 4.69) is 0 Å². The van der Waals surface area contributed by atoms with Gasteiger partial charge in [-0.1, -0.05) is 0 Å². The van der Waals surface area contributed by atoms with Gasteiger partial charge in [-0.05, 0) is 38.5 Å². The highest BCUT2D eigenvalue weighted by molar-refractivity contribution is 7.12. The van der Waals surface area contributed by atoms with E-state index in [4.69, 9.17) is 15.5 Å². The summed E-state index contributed by atoms with van der Waals surface area (Å²) in [6, 6.07) is 0.240. The molecule has 92 valence electrons. The molecule has 0 amide bonds. The molecule has 1 aliphatic carbocycles. The van der Waals surface area contributed by atoms with Gasteiger partial charge in [0.15, 0.2) is 0 Å². The second-order valence-corrected chi connectivity index (χ2v) is 6.64. The SMILES string of the molecule is NC1CCCc2nc(C3CC4CCC3O4)sc21. The Balaban J connectivity index is 1.66. The topological polar surface area (TPSA) is 48.1 Å². The van der Waals surface area contributed by atoms with Crippen LogP contribution in [-0.4, -0.2) is 17.2 Å². The number of ether oxygens (including phenoxy) is 1. The van der Waals surface area contributed by atoms with Crippen molar-refractivity contribution in [2.75, 3.05) is 0 Å². The van der Waals surface area contributed by atoms with Gasteiger partial charge < -0.3 is 10.5 Å². The molecule has 4 rings (SSSR count). The van der Waals surface area contributed by atoms with E-state index in [-0.39, 0.29) is 6.04 Å². The average Bonchev–Trinajstić information content (AvgIpc) is 3.03. The molecule has 3 heterocycles. The van der Waals surface area contributed by atoms with E-state index in [9.17, 15) is 0 Å². The van der Waals surface area contributed by atoms with Gasteiger partial charge in [-0.3, -0.25) is 0 Å². The van der Waals surface area contributed by atoms with Crippen LogP contribution in [0.2, 0.25) is 0 Å². The minimum Gasteiger partial charge on any atom is -0.374 e. The van der Waals surface area contributed by atoms with E-state index in [0.29, 0.717) is 18.1 Å². The molecule has 3 nitrogen and oxygen atoms in total. The maximum absolute atomic E-state index is 6.17. The van der Waals surface area contributed by atoms with Crippen LogP contribution in [0.15, 0.2) is 0 Å². The molecule has 4 heteroatoms. The summed E-state index contributed by atoms with van der Waals surface area (Å²) < 4.78 is 5.93. The fraction of sp³-hybridized carbons (Fsp3) is 0.769. The van der Waals surface area contributed by atoms with Gasteiger partial charge in [0.05, 0.1) is 22.9 Å². The van der Waals surface area contributed by atoms with E-state index in [1.807, 2.05) is 11.3 Å². The molecule has 1 aromatic rings. The van der Waals surface area contributed by atoms with E-state index in [1.165, 1.54) is 41.3 Å². The summed E-state index contributed by atoms with van der Waals surface area (Å²) >= 11 is 1.86. The van der Waals surface area contributed by atoms with Gasteiger partial charge in [-0.25, -0.2) is 4.98 Å². The van der Waals surface area contributed by atoms with Crippen LogP contribution in [0.25, 0.3) is 0 Å². The van der Waals surface area contributed by atoms with Crippen LogP contribution < -0.4 is 5.73 Å². The quantitative estimate of drug-likeness (QED) is 0.833. The molecule has 2 fully saturated rings. The molecule has 3 aliphatic rings. The largest absolute Gasteiger partial charge is 0.374 e. The lowest BCUT2D eigenvalue weighted by atomic mass is 9.90. The van der Waals surface area contributed by atoms with Gasteiger partial charge in [-0.15, -0.1) is 11.3 Å². The van der Waals surface area contributed by atoms with Crippen molar-refractivity contribution in [1.29, 1.82) is 0 Å². The number of fused-ring (bicyclic) bond motifs is 3. The van der Waals surface area contributed by atoms with Crippen LogP contribution in [0.4, 0.5) is 0 Å². The lowest BCUT2D eigenvalue weighted by molar-refractivity contribution is 0.100. The number of aromatic nitrogens is 1. The van der Waals surface area contributed by atoms with Crippen molar-refractivity contribution in [3.8, 4) is 0 Å². The van der Waals surface area contributed by atoms with Crippen LogP contribution in [0.3, 0.4) is 0 Å². The van der Waals surface area contributed by atoms with Gasteiger partial charge in [0.2, 0.25) is 0 Å². The molecule has 2 N–H and O–H groups in total. The molecule has 4 atom stereocenters. The Morgan fingerprint density at radius 1 is 1.29 bits per heavy atom. The number of thiazole rings is 1. The summed E-state index contributed by atoms with van der Waals surface area (Å²) in [5.74, 6) is 0.566. The summed E-state index contributed by atoms with van der Waals surface area (Å²) in [7, 11) is 0. The number of nitrogens with two attached hydrogens (primary N) is 1. The van der Waals surface area contributed by atoms with Crippen molar-refractivity contribution in [2.45, 2.75) is 62.7 Å². The summed E-state index contributed by atoms with van der Waals surface area (Å²) in [6.45, 7) is 0. The van der Waals surface area contributed by atoms with Crippen LogP contribution in [0.1, 0.15) is 59.6 Å². The Morgan fingerprint density at radius 2 is 2.24 bits per heavy atom. The summed E-state index contributed by atoms with van der Waals surface area (Å²) in [5, 5.41) is 1.31. The summed E-state index contributed by atoms with van der Waals surface area (Å²) in [5.41, 5.74) is 7.46. The first-order chi connectivity index (χ1) is 8.31. The molecular weight excluding hydrogens is 232 g/mol. The lowest BCUT2D eigenvalue weighted by Gasteiger charge is -2.16. The second kappa shape index (κ2) is 3.77. The van der Waals surface area contributed by atoms with Crippen molar-refractivity contribution >= 4 is 11.3 Å². The van der Waals surface area contributed by atoms with Crippen molar-refractivity contribution in [3.63, 3.8) is 0 Å². The maximum atomic E-state index is 6.17. The predicted octanol–water partition coefficient (Wildman–Crippen LogP) is 2.51. The van der Waals surface area contributed by atoms with E-state index in [1.54, 1.807) is 0 Å². The lowest BCUT2D eigenvalue weighted by Crippen LogP contribution is -2.15. The smallest absolute Gasteiger partial charge is 0.0989 e. The fourth-order valence-electron chi connectivity index (χ4n) is 3.53. The standard InChI is InChI=1S/C13H18N2OS/c14-9-2-1-3-10-12(9)17-13(15-10)8-6-7-4-5-11(8)16-7/h7-9,11H,1-6,14H2. The Labute approximate surface area is 105 Å². The highest BCUT2D eigenvalue weighted by Crippen LogP contribution is 2.47. The number of hydrogen-bond acceptors (Lipinski definition) is 4. The van der Waals surface area contributed by atoms with E-state index >= 15 is 0 Å². The molecule has 0 spiro atoms. The first kappa shape index (κ1) is 10.5. The Kier molecular flexibility index (Phi) is 2.32. The number of nitrogens with zero attached hydrogens (tertiary/aromatic N) is 1. The van der Waals surface area contributed by atoms with Crippen molar-refractivity contribution in [3.05, 3.63) is 15.6 Å². The fourth-order valence-corrected chi connectivity index (χ4v) is 4.84. The molecule has 2 saturated heterocycles. The molecule has 4 unspecified atom stereocenters. The molecule has 0 radical (unpaired) electrons. The van der Waals surface area contributed by atoms with Gasteiger partial charge >= 0.3 is 0 Å². The number of hydrogen-bond donors (Lipinski definition) is 1. The van der Waals surface area contributed by atoms with Crippen molar-refractivity contribution in [1.82, 2.24) is 4.98 Å². The zero-order chi connectivity index (χ0) is 11.4. The van der Waals surface area contributed by atoms with Gasteiger partial charge in [0.1, 0.15) is 0 Å². The molecule has 0 aromatic carbocycles. The van der Waals surface area contributed by atoms with Crippen LogP contribution in [0, 0.1) is 0 Å². The highest BCUT2D eigenvalue weighted by Gasteiger charge is 2.43. The van der Waals surface area contributed by atoms with E-state index in [0.717, 1.165) is 12.8 Å². The van der Waals surface area contributed by atoms with Gasteiger partial charge in [-0.2, -0.15) is 0 Å². The summed E-state index contributed by atoms with van der Waals surface area (Å²) in [4.78, 5) is 6.22. The normalized spacial score (nSPS) is 39.6. The Hall–Kier alpha value is -0.450. The molecule has 0 saturated carbocycles. The third-order valence-electron chi connectivity index (χ3n) is 4.43. The third kappa shape index (κ3) is 1.58. The highest BCUT2D eigenvalue weighted by atomic mass is 32.1.